The number of benzene rings is 1. The van der Waals surface area contributed by atoms with Crippen LogP contribution in [0.1, 0.15) is 32.1 Å². The van der Waals surface area contributed by atoms with E-state index in [0.717, 1.165) is 17.8 Å². The zero-order valence-electron chi connectivity index (χ0n) is 18.9. The molecule has 180 valence electrons. The molecular formula is C23H31FN4O4S. The van der Waals surface area contributed by atoms with Crippen molar-refractivity contribution in [2.24, 2.45) is 5.92 Å². The molecule has 2 amide bonds. The SMILES string of the molecule is COC(=O)N1CCN(c2ccc(N3CC(CNC(=S)C4CCCCC4)OC3=O)cc2F)CC1. The number of hydrogen-bond donors (Lipinski definition) is 1. The second-order valence-electron chi connectivity index (χ2n) is 8.78. The van der Waals surface area contributed by atoms with Crippen LogP contribution in [0.3, 0.4) is 0 Å². The fraction of sp³-hybridized carbons (Fsp3) is 0.609. The first kappa shape index (κ1) is 23.5. The molecule has 0 spiro atoms. The standard InChI is InChI=1S/C23H31FN4O4S/c1-31-22(29)27-11-9-26(10-12-27)20-8-7-17(13-19(20)24)28-15-18(32-23(28)30)14-25-21(33)16-5-3-2-4-6-16/h7-8,13,16,18H,2-6,9-12,14-15H2,1H3,(H,25,33). The zero-order valence-corrected chi connectivity index (χ0v) is 19.7. The molecule has 1 aliphatic carbocycles. The van der Waals surface area contributed by atoms with E-state index < -0.39 is 11.9 Å². The predicted octanol–water partition coefficient (Wildman–Crippen LogP) is 3.54. The highest BCUT2D eigenvalue weighted by molar-refractivity contribution is 7.80. The first-order valence-electron chi connectivity index (χ1n) is 11.6. The van der Waals surface area contributed by atoms with Gasteiger partial charge in [0, 0.05) is 32.1 Å². The van der Waals surface area contributed by atoms with Crippen molar-refractivity contribution in [1.29, 1.82) is 0 Å². The van der Waals surface area contributed by atoms with Gasteiger partial charge in [0.25, 0.3) is 0 Å². The van der Waals surface area contributed by atoms with Gasteiger partial charge < -0.3 is 24.6 Å². The molecule has 4 rings (SSSR count). The first-order chi connectivity index (χ1) is 16.0. The summed E-state index contributed by atoms with van der Waals surface area (Å²) in [6.45, 7) is 2.74. The molecule has 0 radical (unpaired) electrons. The summed E-state index contributed by atoms with van der Waals surface area (Å²) in [5, 5.41) is 3.28. The van der Waals surface area contributed by atoms with Crippen molar-refractivity contribution in [3.05, 3.63) is 24.0 Å². The number of piperazine rings is 1. The normalized spacial score (nSPS) is 21.7. The van der Waals surface area contributed by atoms with Gasteiger partial charge in [-0.2, -0.15) is 0 Å². The average Bonchev–Trinajstić information content (AvgIpc) is 3.23. The van der Waals surface area contributed by atoms with Gasteiger partial charge in [-0.3, -0.25) is 4.90 Å². The van der Waals surface area contributed by atoms with Crippen LogP contribution in [0.5, 0.6) is 0 Å². The Kier molecular flexibility index (Phi) is 7.52. The summed E-state index contributed by atoms with van der Waals surface area (Å²) >= 11 is 5.53. The molecule has 0 aromatic heterocycles. The molecule has 2 heterocycles. The van der Waals surface area contributed by atoms with Crippen LogP contribution in [0.2, 0.25) is 0 Å². The number of methoxy groups -OCH3 is 1. The topological polar surface area (TPSA) is 74.3 Å². The van der Waals surface area contributed by atoms with Gasteiger partial charge >= 0.3 is 12.2 Å². The van der Waals surface area contributed by atoms with Crippen LogP contribution in [0.4, 0.5) is 25.4 Å². The van der Waals surface area contributed by atoms with Crippen LogP contribution >= 0.6 is 12.2 Å². The van der Waals surface area contributed by atoms with Gasteiger partial charge in [-0.15, -0.1) is 0 Å². The molecule has 3 aliphatic rings. The molecule has 8 nitrogen and oxygen atoms in total. The Labute approximate surface area is 199 Å². The number of thiocarbonyl (C=S) groups is 1. The Hall–Kier alpha value is -2.62. The molecule has 3 fully saturated rings. The van der Waals surface area contributed by atoms with E-state index >= 15 is 0 Å². The quantitative estimate of drug-likeness (QED) is 0.649. The van der Waals surface area contributed by atoms with E-state index in [1.807, 2.05) is 4.90 Å². The largest absolute Gasteiger partial charge is 0.453 e. The number of amides is 2. The van der Waals surface area contributed by atoms with Crippen molar-refractivity contribution in [2.75, 3.05) is 56.2 Å². The maximum Gasteiger partial charge on any atom is 0.414 e. The third-order valence-corrected chi connectivity index (χ3v) is 7.13. The number of hydrogen-bond acceptors (Lipinski definition) is 6. The number of halogens is 1. The van der Waals surface area contributed by atoms with Crippen molar-refractivity contribution in [3.8, 4) is 0 Å². The Bertz CT molecular complexity index is 887. The molecule has 1 atom stereocenters. The van der Waals surface area contributed by atoms with E-state index in [1.165, 1.54) is 37.3 Å². The number of carbonyl (C=O) groups is 2. The number of rotatable bonds is 5. The van der Waals surface area contributed by atoms with Crippen LogP contribution < -0.4 is 15.1 Å². The van der Waals surface area contributed by atoms with Crippen molar-refractivity contribution < 1.29 is 23.5 Å². The number of carbonyl (C=O) groups excluding carboxylic acids is 2. The summed E-state index contributed by atoms with van der Waals surface area (Å²) in [4.78, 5) is 29.9. The highest BCUT2D eigenvalue weighted by Crippen LogP contribution is 2.29. The molecule has 1 N–H and O–H groups in total. The van der Waals surface area contributed by atoms with Crippen LogP contribution in [-0.4, -0.2) is 74.6 Å². The molecule has 0 bridgehead atoms. The van der Waals surface area contributed by atoms with Gasteiger partial charge in [0.05, 0.1) is 36.6 Å². The van der Waals surface area contributed by atoms with Crippen molar-refractivity contribution in [2.45, 2.75) is 38.2 Å². The summed E-state index contributed by atoms with van der Waals surface area (Å²) in [6.07, 6.45) is 4.73. The number of ether oxygens (including phenoxy) is 2. The van der Waals surface area contributed by atoms with Gasteiger partial charge in [0.15, 0.2) is 0 Å². The molecule has 10 heteroatoms. The number of cyclic esters (lactones) is 1. The molecule has 1 aromatic rings. The summed E-state index contributed by atoms with van der Waals surface area (Å²) < 4.78 is 25.2. The Morgan fingerprint density at radius 3 is 2.61 bits per heavy atom. The molecule has 2 aliphatic heterocycles. The lowest BCUT2D eigenvalue weighted by atomic mass is 9.89. The third-order valence-electron chi connectivity index (χ3n) is 6.65. The van der Waals surface area contributed by atoms with Crippen molar-refractivity contribution in [1.82, 2.24) is 10.2 Å². The molecule has 33 heavy (non-hydrogen) atoms. The lowest BCUT2D eigenvalue weighted by Crippen LogP contribution is -2.49. The van der Waals surface area contributed by atoms with E-state index in [2.05, 4.69) is 5.32 Å². The van der Waals surface area contributed by atoms with Gasteiger partial charge in [-0.25, -0.2) is 14.0 Å². The predicted molar refractivity (Wildman–Crippen MR) is 127 cm³/mol. The molecule has 2 saturated heterocycles. The highest BCUT2D eigenvalue weighted by atomic mass is 32.1. The second-order valence-corrected chi connectivity index (χ2v) is 9.22. The Balaban J connectivity index is 1.32. The smallest absolute Gasteiger partial charge is 0.414 e. The van der Waals surface area contributed by atoms with E-state index in [-0.39, 0.29) is 12.2 Å². The second kappa shape index (κ2) is 10.5. The fourth-order valence-electron chi connectivity index (χ4n) is 4.74. The van der Waals surface area contributed by atoms with Crippen molar-refractivity contribution in [3.63, 3.8) is 0 Å². The van der Waals surface area contributed by atoms with Crippen molar-refractivity contribution >= 4 is 40.8 Å². The van der Waals surface area contributed by atoms with Gasteiger partial charge in [0.1, 0.15) is 11.9 Å². The third kappa shape index (κ3) is 5.48. The van der Waals surface area contributed by atoms with E-state index in [1.54, 1.807) is 17.0 Å². The van der Waals surface area contributed by atoms with Gasteiger partial charge in [0.2, 0.25) is 0 Å². The van der Waals surface area contributed by atoms with Crippen LogP contribution in [-0.2, 0) is 9.47 Å². The number of nitrogens with zero attached hydrogens (tertiary/aromatic N) is 3. The molecular weight excluding hydrogens is 447 g/mol. The summed E-state index contributed by atoms with van der Waals surface area (Å²) in [5.74, 6) is 0.00459. The van der Waals surface area contributed by atoms with Crippen LogP contribution in [0, 0.1) is 11.7 Å². The molecule has 1 saturated carbocycles. The minimum Gasteiger partial charge on any atom is -0.453 e. The Morgan fingerprint density at radius 1 is 1.21 bits per heavy atom. The maximum absolute atomic E-state index is 14.9. The van der Waals surface area contributed by atoms with Crippen LogP contribution in [0.15, 0.2) is 18.2 Å². The Morgan fingerprint density at radius 2 is 1.94 bits per heavy atom. The molecule has 1 aromatic carbocycles. The highest BCUT2D eigenvalue weighted by Gasteiger charge is 2.33. The summed E-state index contributed by atoms with van der Waals surface area (Å²) in [6, 6.07) is 4.77. The lowest BCUT2D eigenvalue weighted by molar-refractivity contribution is 0.121. The molecule has 1 unspecified atom stereocenters. The minimum atomic E-state index is -0.482. The zero-order chi connectivity index (χ0) is 23.4. The van der Waals surface area contributed by atoms with Crippen LogP contribution in [0.25, 0.3) is 0 Å². The maximum atomic E-state index is 14.9. The minimum absolute atomic E-state index is 0.340. The van der Waals surface area contributed by atoms with E-state index in [9.17, 15) is 14.0 Å². The number of nitrogens with one attached hydrogen (secondary N) is 1. The lowest BCUT2D eigenvalue weighted by Gasteiger charge is -2.35. The van der Waals surface area contributed by atoms with E-state index in [4.69, 9.17) is 21.7 Å². The summed E-state index contributed by atoms with van der Waals surface area (Å²) in [7, 11) is 1.35. The van der Waals surface area contributed by atoms with Gasteiger partial charge in [-0.05, 0) is 31.0 Å². The summed E-state index contributed by atoms with van der Waals surface area (Å²) in [5.41, 5.74) is 0.915. The average molecular weight is 479 g/mol. The number of anilines is 2. The first-order valence-corrected chi connectivity index (χ1v) is 12.0. The fourth-order valence-corrected chi connectivity index (χ4v) is 5.06. The monoisotopic (exact) mass is 478 g/mol. The van der Waals surface area contributed by atoms with Gasteiger partial charge in [-0.1, -0.05) is 31.5 Å². The van der Waals surface area contributed by atoms with E-state index in [0.29, 0.717) is 56.6 Å².